The van der Waals surface area contributed by atoms with Crippen LogP contribution in [0.4, 0.5) is 0 Å². The van der Waals surface area contributed by atoms with Crippen molar-refractivity contribution >= 4 is 17.6 Å². The molecular weight excluding hydrogens is 400 g/mol. The van der Waals surface area contributed by atoms with Crippen LogP contribution in [0.1, 0.15) is 22.8 Å². The number of halogens is 1. The first-order valence-electron chi connectivity index (χ1n) is 9.12. The Bertz CT molecular complexity index is 853. The van der Waals surface area contributed by atoms with Crippen LogP contribution < -0.4 is 4.74 Å². The third kappa shape index (κ3) is 4.55. The molecule has 1 saturated heterocycles. The zero-order valence-electron chi connectivity index (χ0n) is 15.7. The molecule has 1 aliphatic rings. The van der Waals surface area contributed by atoms with Gasteiger partial charge in [0.05, 0.1) is 25.9 Å². The Hall–Kier alpha value is -2.16. The van der Waals surface area contributed by atoms with E-state index in [0.29, 0.717) is 17.0 Å². The molecule has 1 heterocycles. The summed E-state index contributed by atoms with van der Waals surface area (Å²) >= 11 is 6.33. The van der Waals surface area contributed by atoms with E-state index in [2.05, 4.69) is 0 Å². The molecule has 8 heteroatoms. The highest BCUT2D eigenvalue weighted by molar-refractivity contribution is 6.31. The number of methoxy groups -OCH3 is 1. The van der Waals surface area contributed by atoms with Gasteiger partial charge in [0.1, 0.15) is 23.9 Å². The van der Waals surface area contributed by atoms with Gasteiger partial charge in [0.15, 0.2) is 0 Å². The van der Waals surface area contributed by atoms with Gasteiger partial charge in [-0.25, -0.2) is 0 Å². The van der Waals surface area contributed by atoms with Gasteiger partial charge in [-0.2, -0.15) is 0 Å². The van der Waals surface area contributed by atoms with Crippen molar-refractivity contribution in [3.63, 3.8) is 0 Å². The van der Waals surface area contributed by atoms with E-state index in [1.54, 1.807) is 25.3 Å². The summed E-state index contributed by atoms with van der Waals surface area (Å²) < 4.78 is 10.8. The molecule has 2 aromatic rings. The van der Waals surface area contributed by atoms with Crippen LogP contribution in [0.5, 0.6) is 5.75 Å². The zero-order chi connectivity index (χ0) is 21.1. The molecule has 5 atom stereocenters. The first-order valence-corrected chi connectivity index (χ1v) is 9.50. The van der Waals surface area contributed by atoms with Gasteiger partial charge in [-0.05, 0) is 41.3 Å². The Balaban J connectivity index is 1.87. The van der Waals surface area contributed by atoms with Gasteiger partial charge < -0.3 is 29.9 Å². The highest BCUT2D eigenvalue weighted by atomic mass is 35.5. The average Bonchev–Trinajstić information content (AvgIpc) is 2.71. The van der Waals surface area contributed by atoms with Crippen molar-refractivity contribution in [2.24, 2.45) is 5.92 Å². The van der Waals surface area contributed by atoms with Crippen LogP contribution in [0.3, 0.4) is 0 Å². The number of aliphatic hydroxyl groups is 3. The van der Waals surface area contributed by atoms with Crippen molar-refractivity contribution in [2.75, 3.05) is 13.7 Å². The quantitative estimate of drug-likeness (QED) is 0.560. The average molecular weight is 423 g/mol. The van der Waals surface area contributed by atoms with E-state index in [-0.39, 0.29) is 0 Å². The molecule has 29 heavy (non-hydrogen) atoms. The number of carbonyl (C=O) groups is 1. The molecule has 0 amide bonds. The minimum atomic E-state index is -1.58. The van der Waals surface area contributed by atoms with Crippen LogP contribution in [0, 0.1) is 5.92 Å². The lowest BCUT2D eigenvalue weighted by atomic mass is 9.84. The van der Waals surface area contributed by atoms with Gasteiger partial charge in [-0.15, -0.1) is 0 Å². The van der Waals surface area contributed by atoms with Crippen LogP contribution in [0.25, 0.3) is 0 Å². The van der Waals surface area contributed by atoms with E-state index >= 15 is 0 Å². The smallest absolute Gasteiger partial charge is 0.312 e. The van der Waals surface area contributed by atoms with Crippen molar-refractivity contribution in [3.8, 4) is 5.75 Å². The number of rotatable bonds is 6. The molecule has 0 radical (unpaired) electrons. The lowest BCUT2D eigenvalue weighted by Gasteiger charge is -2.40. The van der Waals surface area contributed by atoms with Gasteiger partial charge in [-0.3, -0.25) is 4.79 Å². The first kappa shape index (κ1) is 21.5. The molecule has 0 unspecified atom stereocenters. The number of carboxylic acids is 1. The monoisotopic (exact) mass is 422 g/mol. The second-order valence-electron chi connectivity index (χ2n) is 7.00. The van der Waals surface area contributed by atoms with Crippen LogP contribution in [0.15, 0.2) is 42.5 Å². The van der Waals surface area contributed by atoms with Crippen LogP contribution in [-0.2, 0) is 16.0 Å². The third-order valence-corrected chi connectivity index (χ3v) is 5.54. The second-order valence-corrected chi connectivity index (χ2v) is 7.41. The summed E-state index contributed by atoms with van der Waals surface area (Å²) in [6, 6.07) is 12.6. The fourth-order valence-corrected chi connectivity index (χ4v) is 3.76. The Morgan fingerprint density at radius 3 is 2.41 bits per heavy atom. The number of ether oxygens (including phenoxy) is 2. The third-order valence-electron chi connectivity index (χ3n) is 5.17. The summed E-state index contributed by atoms with van der Waals surface area (Å²) in [5.74, 6) is -2.02. The number of aliphatic hydroxyl groups excluding tert-OH is 3. The Morgan fingerprint density at radius 1 is 1.14 bits per heavy atom. The fraction of sp³-hybridized carbons (Fsp3) is 0.381. The molecule has 1 fully saturated rings. The van der Waals surface area contributed by atoms with E-state index in [9.17, 15) is 25.2 Å². The summed E-state index contributed by atoms with van der Waals surface area (Å²) in [5, 5.41) is 40.1. The van der Waals surface area contributed by atoms with Gasteiger partial charge >= 0.3 is 5.97 Å². The molecule has 0 bridgehead atoms. The van der Waals surface area contributed by atoms with E-state index in [1.807, 2.05) is 24.3 Å². The van der Waals surface area contributed by atoms with E-state index in [0.717, 1.165) is 16.9 Å². The molecule has 156 valence electrons. The van der Waals surface area contributed by atoms with Crippen molar-refractivity contribution < 1.29 is 34.7 Å². The number of benzene rings is 2. The van der Waals surface area contributed by atoms with E-state index in [4.69, 9.17) is 21.1 Å². The highest BCUT2D eigenvalue weighted by Crippen LogP contribution is 2.37. The minimum absolute atomic E-state index is 0.517. The molecule has 2 aromatic carbocycles. The summed E-state index contributed by atoms with van der Waals surface area (Å²) in [6.07, 6.45) is -4.66. The van der Waals surface area contributed by atoms with Crippen molar-refractivity contribution in [2.45, 2.75) is 30.8 Å². The molecule has 3 rings (SSSR count). The molecule has 0 spiro atoms. The SMILES string of the molecule is COc1ccc(Cc2cc([C@@H]3O[C@H](CO)[C@@H](C(=O)O)[C@H](O)[C@H]3O)ccc2Cl)cc1. The van der Waals surface area contributed by atoms with Crippen LogP contribution in [0.2, 0.25) is 5.02 Å². The molecule has 0 aromatic heterocycles. The van der Waals surface area contributed by atoms with Crippen LogP contribution in [-0.4, -0.2) is 58.4 Å². The summed E-state index contributed by atoms with van der Waals surface area (Å²) in [4.78, 5) is 11.4. The van der Waals surface area contributed by atoms with Gasteiger partial charge in [0.2, 0.25) is 0 Å². The van der Waals surface area contributed by atoms with Crippen molar-refractivity contribution in [3.05, 3.63) is 64.2 Å². The second kappa shape index (κ2) is 9.11. The number of aliphatic carboxylic acids is 1. The summed E-state index contributed by atoms with van der Waals surface area (Å²) in [5.41, 5.74) is 2.31. The Kier molecular flexibility index (Phi) is 6.77. The van der Waals surface area contributed by atoms with Gasteiger partial charge in [0.25, 0.3) is 0 Å². The van der Waals surface area contributed by atoms with E-state index in [1.165, 1.54) is 0 Å². The van der Waals surface area contributed by atoms with Crippen molar-refractivity contribution in [1.82, 2.24) is 0 Å². The molecule has 7 nitrogen and oxygen atoms in total. The first-order chi connectivity index (χ1) is 13.8. The molecular formula is C21H23ClO7. The number of hydrogen-bond acceptors (Lipinski definition) is 6. The standard InChI is InChI=1S/C21H23ClO7/c1-28-14-5-2-11(3-6-14)8-13-9-12(4-7-15(13)22)20-19(25)18(24)17(21(26)27)16(10-23)29-20/h2-7,9,16-20,23-25H,8,10H2,1H3,(H,26,27)/t16-,17-,18+,19-,20+/m1/s1. The van der Waals surface area contributed by atoms with Gasteiger partial charge in [-0.1, -0.05) is 35.9 Å². The van der Waals surface area contributed by atoms with E-state index < -0.39 is 42.9 Å². The molecule has 1 aliphatic heterocycles. The maximum Gasteiger partial charge on any atom is 0.312 e. The predicted molar refractivity (Wildman–Crippen MR) is 105 cm³/mol. The van der Waals surface area contributed by atoms with Gasteiger partial charge in [0, 0.05) is 5.02 Å². The van der Waals surface area contributed by atoms with Crippen LogP contribution >= 0.6 is 11.6 Å². The summed E-state index contributed by atoms with van der Waals surface area (Å²) in [6.45, 7) is -0.594. The summed E-state index contributed by atoms with van der Waals surface area (Å²) in [7, 11) is 1.59. The molecule has 0 aliphatic carbocycles. The Morgan fingerprint density at radius 2 is 1.83 bits per heavy atom. The number of hydrogen-bond donors (Lipinski definition) is 4. The lowest BCUT2D eigenvalue weighted by Crippen LogP contribution is -2.54. The highest BCUT2D eigenvalue weighted by Gasteiger charge is 2.48. The molecule has 4 N–H and O–H groups in total. The lowest BCUT2D eigenvalue weighted by molar-refractivity contribution is -0.218. The maximum absolute atomic E-state index is 11.4. The normalized spacial score (nSPS) is 26.9. The largest absolute Gasteiger partial charge is 0.497 e. The Labute approximate surface area is 173 Å². The fourth-order valence-electron chi connectivity index (χ4n) is 3.57. The topological polar surface area (TPSA) is 116 Å². The molecule has 0 saturated carbocycles. The zero-order valence-corrected chi connectivity index (χ0v) is 16.5. The predicted octanol–water partition coefficient (Wildman–Crippen LogP) is 1.79. The van der Waals surface area contributed by atoms with Crippen molar-refractivity contribution in [1.29, 1.82) is 0 Å². The maximum atomic E-state index is 11.4. The minimum Gasteiger partial charge on any atom is -0.497 e. The number of carboxylic acid groups (broad SMARTS) is 1.